The molecule has 1 amide bonds. The van der Waals surface area contributed by atoms with E-state index in [0.717, 1.165) is 25.9 Å². The van der Waals surface area contributed by atoms with Gasteiger partial charge in [0.1, 0.15) is 39.4 Å². The Balaban J connectivity index is 1.23. The smallest absolute Gasteiger partial charge is 0.415 e. The first kappa shape index (κ1) is 35.9. The van der Waals surface area contributed by atoms with Crippen molar-refractivity contribution in [1.82, 2.24) is 4.90 Å². The van der Waals surface area contributed by atoms with Gasteiger partial charge in [0, 0.05) is 18.5 Å². The van der Waals surface area contributed by atoms with E-state index in [1.165, 1.54) is 49.7 Å². The lowest BCUT2D eigenvalue weighted by Crippen LogP contribution is -2.53. The Kier molecular flexibility index (Phi) is 10.9. The second-order valence-corrected chi connectivity index (χ2v) is 13.3. The first-order valence-corrected chi connectivity index (χ1v) is 17.1. The number of fused-ring (bicyclic) bond motifs is 3. The highest BCUT2D eigenvalue weighted by molar-refractivity contribution is 6.35. The predicted molar refractivity (Wildman–Crippen MR) is 189 cm³/mol. The summed E-state index contributed by atoms with van der Waals surface area (Å²) in [5.41, 5.74) is 1.68. The van der Waals surface area contributed by atoms with E-state index in [4.69, 9.17) is 42.1 Å². The molecule has 4 heterocycles. The van der Waals surface area contributed by atoms with E-state index in [2.05, 4.69) is 4.90 Å². The van der Waals surface area contributed by atoms with Crippen LogP contribution in [0.1, 0.15) is 46.0 Å². The van der Waals surface area contributed by atoms with Gasteiger partial charge in [-0.05, 0) is 79.4 Å². The molecule has 268 valence electrons. The zero-order valence-corrected chi connectivity index (χ0v) is 29.5. The minimum Gasteiger partial charge on any atom is -0.619 e. The number of esters is 1. The third-order valence-electron chi connectivity index (χ3n) is 9.34. The third kappa shape index (κ3) is 8.03. The van der Waals surface area contributed by atoms with E-state index < -0.39 is 18.2 Å². The number of amides is 1. The van der Waals surface area contributed by atoms with Crippen LogP contribution in [0.2, 0.25) is 10.0 Å². The van der Waals surface area contributed by atoms with Crippen molar-refractivity contribution in [3.63, 3.8) is 0 Å². The summed E-state index contributed by atoms with van der Waals surface area (Å²) in [7, 11) is 2.99. The van der Waals surface area contributed by atoms with Gasteiger partial charge in [0.25, 0.3) is 0 Å². The fourth-order valence-electron chi connectivity index (χ4n) is 6.59. The first-order chi connectivity index (χ1) is 24.5. The minimum absolute atomic E-state index is 0.0402. The molecule has 0 saturated carbocycles. The predicted octanol–water partition coefficient (Wildman–Crippen LogP) is 6.43. The molecule has 2 bridgehead atoms. The van der Waals surface area contributed by atoms with Gasteiger partial charge >= 0.3 is 12.1 Å². The molecule has 0 radical (unpaired) electrons. The van der Waals surface area contributed by atoms with E-state index in [-0.39, 0.29) is 57.8 Å². The third-order valence-corrected chi connectivity index (χ3v) is 9.99. The molecule has 3 aliphatic heterocycles. The van der Waals surface area contributed by atoms with Crippen LogP contribution in [0.4, 0.5) is 10.5 Å². The molecule has 14 heteroatoms. The lowest BCUT2D eigenvalue weighted by molar-refractivity contribution is -0.605. The maximum Gasteiger partial charge on any atom is 0.415 e. The van der Waals surface area contributed by atoms with Crippen LogP contribution in [0.15, 0.2) is 73.1 Å². The quantitative estimate of drug-likeness (QED) is 0.100. The van der Waals surface area contributed by atoms with Gasteiger partial charge in [-0.3, -0.25) is 9.80 Å². The van der Waals surface area contributed by atoms with Crippen molar-refractivity contribution in [2.24, 2.45) is 5.92 Å². The lowest BCUT2D eigenvalue weighted by Gasteiger charge is -2.44. The summed E-state index contributed by atoms with van der Waals surface area (Å²) in [6.07, 6.45) is 2.35. The largest absolute Gasteiger partial charge is 0.619 e. The van der Waals surface area contributed by atoms with Gasteiger partial charge in [0.15, 0.2) is 23.9 Å². The van der Waals surface area contributed by atoms with Crippen molar-refractivity contribution in [2.45, 2.75) is 38.0 Å². The zero-order valence-electron chi connectivity index (χ0n) is 28.0. The molecule has 0 aliphatic carbocycles. The number of para-hydroxylation sites is 1. The Labute approximate surface area is 304 Å². The molecule has 51 heavy (non-hydrogen) atoms. The van der Waals surface area contributed by atoms with Crippen LogP contribution >= 0.6 is 23.2 Å². The van der Waals surface area contributed by atoms with E-state index in [1.807, 2.05) is 0 Å². The fourth-order valence-corrected chi connectivity index (χ4v) is 7.18. The van der Waals surface area contributed by atoms with Gasteiger partial charge in [-0.25, -0.2) is 9.59 Å². The van der Waals surface area contributed by atoms with Gasteiger partial charge in [-0.15, -0.1) is 0 Å². The van der Waals surface area contributed by atoms with E-state index >= 15 is 0 Å². The fraction of sp³-hybridized carbons (Fsp3) is 0.324. The molecule has 12 nitrogen and oxygen atoms in total. The van der Waals surface area contributed by atoms with Crippen molar-refractivity contribution in [1.29, 1.82) is 0 Å². The topological polar surface area (TPSA) is 145 Å². The zero-order chi connectivity index (χ0) is 36.2. The number of methoxy groups -OCH3 is 2. The minimum atomic E-state index is -0.907. The highest BCUT2D eigenvalue weighted by Crippen LogP contribution is 2.39. The van der Waals surface area contributed by atoms with Gasteiger partial charge in [-0.2, -0.15) is 4.73 Å². The summed E-state index contributed by atoms with van der Waals surface area (Å²) >= 11 is 12.8. The number of anilines is 1. The number of rotatable bonds is 11. The number of pyridine rings is 1. The van der Waals surface area contributed by atoms with Crippen molar-refractivity contribution in [2.75, 3.05) is 38.8 Å². The van der Waals surface area contributed by atoms with Gasteiger partial charge in [0.2, 0.25) is 0 Å². The highest BCUT2D eigenvalue weighted by Gasteiger charge is 2.38. The number of phenolic OH excluding ortho intramolecular Hbond substituents is 2. The van der Waals surface area contributed by atoms with E-state index in [1.54, 1.807) is 42.5 Å². The number of ether oxygens (including phenoxy) is 4. The number of aromatic nitrogens is 1. The molecule has 3 aliphatic rings. The van der Waals surface area contributed by atoms with E-state index in [0.29, 0.717) is 39.5 Å². The molecule has 7 rings (SSSR count). The second kappa shape index (κ2) is 15.5. The summed E-state index contributed by atoms with van der Waals surface area (Å²) < 4.78 is 23.3. The number of piperidine rings is 3. The van der Waals surface area contributed by atoms with Crippen LogP contribution in [0.25, 0.3) is 0 Å². The van der Waals surface area contributed by atoms with Gasteiger partial charge in [0.05, 0.1) is 26.3 Å². The molecule has 3 saturated heterocycles. The van der Waals surface area contributed by atoms with Crippen LogP contribution in [0.3, 0.4) is 0 Å². The number of nitrogens with zero attached hydrogens (tertiary/aromatic N) is 3. The summed E-state index contributed by atoms with van der Waals surface area (Å²) in [6, 6.07) is 15.7. The molecule has 1 aromatic heterocycles. The summed E-state index contributed by atoms with van der Waals surface area (Å²) in [4.78, 5) is 30.7. The number of hydrogen-bond donors (Lipinski definition) is 2. The van der Waals surface area contributed by atoms with Crippen LogP contribution in [0, 0.1) is 11.1 Å². The monoisotopic (exact) mass is 737 g/mol. The van der Waals surface area contributed by atoms with Crippen molar-refractivity contribution >= 4 is 41.0 Å². The van der Waals surface area contributed by atoms with Crippen molar-refractivity contribution < 1.29 is 43.5 Å². The Morgan fingerprint density at radius 3 is 2.20 bits per heavy atom. The standard InChI is InChI=1S/C37H37Cl2N3O9/c1-48-31-11-10-25(16-33(31)49-2)32(17-26-27(38)19-41(47)20-28(26)39)50-36(45)24-8-6-22(7-9-24)18-42(35-29(43)4-3-5-30(35)44)37(46)51-34-21-40-14-12-23(34)13-15-40/h3-11,16,19-20,23,32,34,43-44H,12-15,17-18,21H2,1-2H3/t32?,34-/m0/s1. The Bertz CT molecular complexity index is 1860. The molecule has 1 unspecified atom stereocenters. The highest BCUT2D eigenvalue weighted by atomic mass is 35.5. The molecule has 2 N–H and O–H groups in total. The summed E-state index contributed by atoms with van der Waals surface area (Å²) in [6.45, 7) is 2.52. The summed E-state index contributed by atoms with van der Waals surface area (Å²) in [5, 5.41) is 33.5. The average Bonchev–Trinajstić information content (AvgIpc) is 3.12. The Morgan fingerprint density at radius 2 is 1.61 bits per heavy atom. The first-order valence-electron chi connectivity index (χ1n) is 16.3. The molecular weight excluding hydrogens is 701 g/mol. The molecule has 2 atom stereocenters. The Morgan fingerprint density at radius 1 is 0.961 bits per heavy atom. The van der Waals surface area contributed by atoms with Crippen LogP contribution < -0.4 is 19.1 Å². The number of phenols is 2. The maximum absolute atomic E-state index is 13.7. The van der Waals surface area contributed by atoms with Crippen molar-refractivity contribution in [3.8, 4) is 23.0 Å². The SMILES string of the molecule is COc1ccc(C(Cc2c(Cl)c[n+]([O-])cc2Cl)OC(=O)c2ccc(CN(C(=O)O[C@H]3CN4CCC3CC4)c3c(O)cccc3O)cc2)cc1OC. The number of carbonyl (C=O) groups is 2. The second-order valence-electron chi connectivity index (χ2n) is 12.5. The van der Waals surface area contributed by atoms with Gasteiger partial charge < -0.3 is 34.4 Å². The number of benzene rings is 3. The lowest BCUT2D eigenvalue weighted by atomic mass is 9.86. The molecule has 3 fully saturated rings. The van der Waals surface area contributed by atoms with Gasteiger partial charge in [-0.1, -0.05) is 47.5 Å². The maximum atomic E-state index is 13.7. The molecular formula is C37H37Cl2N3O9. The van der Waals surface area contributed by atoms with E-state index in [9.17, 15) is 25.0 Å². The average molecular weight is 739 g/mol. The van der Waals surface area contributed by atoms with Crippen LogP contribution in [-0.4, -0.2) is 67.1 Å². The normalized spacial score (nSPS) is 18.5. The summed E-state index contributed by atoms with van der Waals surface area (Å²) in [5.74, 6) is -0.0970. The number of carbonyl (C=O) groups excluding carboxylic acids is 2. The molecule has 4 aromatic rings. The Hall–Kier alpha value is -4.91. The molecule has 3 aromatic carbocycles. The van der Waals surface area contributed by atoms with Crippen LogP contribution in [0.5, 0.6) is 23.0 Å². The van der Waals surface area contributed by atoms with Crippen molar-refractivity contribution in [3.05, 3.63) is 111 Å². The number of halogens is 2. The van der Waals surface area contributed by atoms with Crippen LogP contribution in [-0.2, 0) is 22.4 Å². The number of aromatic hydroxyl groups is 2. The molecule has 0 spiro atoms. The number of hydrogen-bond acceptors (Lipinski definition) is 10.